The summed E-state index contributed by atoms with van der Waals surface area (Å²) in [5, 5.41) is 5.06. The molecule has 5 aromatic rings. The Morgan fingerprint density at radius 1 is 0.610 bits per heavy atom. The molecule has 1 N–H and O–H groups in total. The lowest BCUT2D eigenvalue weighted by molar-refractivity contribution is -0.142. The number of nitrogens with one attached hydrogen (secondary N) is 1. The zero-order chi connectivity index (χ0) is 28.4. The molecule has 0 unspecified atom stereocenters. The van der Waals surface area contributed by atoms with Crippen LogP contribution in [-0.4, -0.2) is 24.3 Å². The monoisotopic (exact) mass is 543 g/mol. The van der Waals surface area contributed by atoms with E-state index >= 15 is 0 Å². The van der Waals surface area contributed by atoms with E-state index in [1.165, 1.54) is 0 Å². The molecule has 5 rings (SSSR count). The van der Waals surface area contributed by atoms with Gasteiger partial charge in [-0.15, -0.1) is 0 Å². The molecule has 0 radical (unpaired) electrons. The predicted molar refractivity (Wildman–Crippen MR) is 160 cm³/mol. The van der Waals surface area contributed by atoms with Crippen LogP contribution in [0.1, 0.15) is 29.6 Å². The lowest BCUT2D eigenvalue weighted by Crippen LogP contribution is -2.15. The van der Waals surface area contributed by atoms with Gasteiger partial charge in [0.25, 0.3) is 0 Å². The summed E-state index contributed by atoms with van der Waals surface area (Å²) >= 11 is 0. The summed E-state index contributed by atoms with van der Waals surface area (Å²) in [7, 11) is 0. The van der Waals surface area contributed by atoms with E-state index in [9.17, 15) is 14.4 Å². The van der Waals surface area contributed by atoms with E-state index in [0.717, 1.165) is 27.6 Å². The summed E-state index contributed by atoms with van der Waals surface area (Å²) in [6, 6.07) is 38.1. The maximum Gasteiger partial charge on any atom is 0.306 e. The molecule has 0 spiro atoms. The fourth-order valence-electron chi connectivity index (χ4n) is 4.37. The van der Waals surface area contributed by atoms with Crippen LogP contribution < -0.4 is 10.1 Å². The van der Waals surface area contributed by atoms with Crippen molar-refractivity contribution < 1.29 is 23.9 Å². The first-order valence-electron chi connectivity index (χ1n) is 13.4. The first kappa shape index (κ1) is 27.3. The molecule has 0 aliphatic rings. The van der Waals surface area contributed by atoms with Gasteiger partial charge in [0.15, 0.2) is 12.4 Å². The Bertz CT molecular complexity index is 1640. The van der Waals surface area contributed by atoms with Crippen LogP contribution in [0.5, 0.6) is 11.5 Å². The highest BCUT2D eigenvalue weighted by molar-refractivity contribution is 5.98. The van der Waals surface area contributed by atoms with Crippen molar-refractivity contribution in [2.45, 2.75) is 19.3 Å². The first-order chi connectivity index (χ1) is 20.0. The second-order valence-electron chi connectivity index (χ2n) is 9.56. The largest absolute Gasteiger partial charge is 0.457 e. The number of carbonyl (C=O) groups excluding carboxylic acids is 3. The predicted octanol–water partition coefficient (Wildman–Crippen LogP) is 7.83. The minimum atomic E-state index is -0.512. The minimum absolute atomic E-state index is 0.0478. The highest BCUT2D eigenvalue weighted by Gasteiger charge is 2.12. The number of hydrogen-bond donors (Lipinski definition) is 1. The Hall–Kier alpha value is -5.23. The number of anilines is 1. The fraction of sp³-hybridized carbons (Fsp3) is 0.114. The second-order valence-corrected chi connectivity index (χ2v) is 9.56. The molecule has 0 aliphatic heterocycles. The summed E-state index contributed by atoms with van der Waals surface area (Å²) < 4.78 is 11.1. The molecule has 1 amide bonds. The number of fused-ring (bicyclic) bond motifs is 1. The molecule has 6 heteroatoms. The molecule has 204 valence electrons. The van der Waals surface area contributed by atoms with Gasteiger partial charge in [0, 0.05) is 24.1 Å². The first-order valence-corrected chi connectivity index (χ1v) is 13.4. The van der Waals surface area contributed by atoms with Crippen LogP contribution in [0, 0.1) is 0 Å². The standard InChI is InChI=1S/C35H29NO5/c37-33(28-15-13-27(14-16-28)25-7-2-1-3-8-25)24-40-35(39)12-6-11-34(38)36-30-18-21-31(22-19-30)41-32-20-17-26-9-4-5-10-29(26)23-32/h1-5,7-10,13-23H,6,11-12,24H2,(H,36,38). The van der Waals surface area contributed by atoms with Crippen molar-refractivity contribution in [3.05, 3.63) is 127 Å². The van der Waals surface area contributed by atoms with E-state index in [2.05, 4.69) is 5.32 Å². The van der Waals surface area contributed by atoms with E-state index < -0.39 is 5.97 Å². The van der Waals surface area contributed by atoms with Gasteiger partial charge >= 0.3 is 5.97 Å². The highest BCUT2D eigenvalue weighted by atomic mass is 16.5. The van der Waals surface area contributed by atoms with Crippen molar-refractivity contribution in [1.29, 1.82) is 0 Å². The molecule has 0 bridgehead atoms. The smallest absolute Gasteiger partial charge is 0.306 e. The number of amides is 1. The topological polar surface area (TPSA) is 81.7 Å². The highest BCUT2D eigenvalue weighted by Crippen LogP contribution is 2.27. The summed E-state index contributed by atoms with van der Waals surface area (Å²) in [6.07, 6.45) is 0.513. The van der Waals surface area contributed by atoms with Crippen LogP contribution in [0.15, 0.2) is 121 Å². The summed E-state index contributed by atoms with van der Waals surface area (Å²) in [5.41, 5.74) is 3.17. The molecule has 5 aromatic carbocycles. The molecule has 0 fully saturated rings. The third-order valence-corrected chi connectivity index (χ3v) is 6.56. The van der Waals surface area contributed by atoms with Crippen molar-refractivity contribution >= 4 is 34.1 Å². The second kappa shape index (κ2) is 13.2. The van der Waals surface area contributed by atoms with Crippen molar-refractivity contribution in [2.24, 2.45) is 0 Å². The Kier molecular flexibility index (Phi) is 8.81. The molecule has 6 nitrogen and oxygen atoms in total. The lowest BCUT2D eigenvalue weighted by Gasteiger charge is -2.09. The number of Topliss-reactive ketones (excluding diaryl/α,β-unsaturated/α-hetero) is 1. The number of ether oxygens (including phenoxy) is 2. The number of ketones is 1. The molecule has 0 atom stereocenters. The van der Waals surface area contributed by atoms with Crippen molar-refractivity contribution in [3.63, 3.8) is 0 Å². The molecule has 0 saturated carbocycles. The van der Waals surface area contributed by atoms with Crippen LogP contribution >= 0.6 is 0 Å². The van der Waals surface area contributed by atoms with Gasteiger partial charge in [0.1, 0.15) is 11.5 Å². The summed E-state index contributed by atoms with van der Waals surface area (Å²) in [5.74, 6) is 0.388. The van der Waals surface area contributed by atoms with Gasteiger partial charge in [-0.05, 0) is 64.7 Å². The van der Waals surface area contributed by atoms with Crippen LogP contribution in [-0.2, 0) is 14.3 Å². The SMILES string of the molecule is O=C(CCCC(=O)OCC(=O)c1ccc(-c2ccccc2)cc1)Nc1ccc(Oc2ccc3ccccc3c2)cc1. The van der Waals surface area contributed by atoms with Crippen LogP contribution in [0.4, 0.5) is 5.69 Å². The third kappa shape index (κ3) is 7.67. The van der Waals surface area contributed by atoms with Gasteiger partial charge in [-0.2, -0.15) is 0 Å². The van der Waals surface area contributed by atoms with Gasteiger partial charge in [0.05, 0.1) is 0 Å². The molecule has 0 aromatic heterocycles. The lowest BCUT2D eigenvalue weighted by atomic mass is 10.0. The Morgan fingerprint density at radius 2 is 1.27 bits per heavy atom. The van der Waals surface area contributed by atoms with Gasteiger partial charge < -0.3 is 14.8 Å². The number of benzene rings is 5. The maximum atomic E-state index is 12.4. The van der Waals surface area contributed by atoms with E-state index in [-0.39, 0.29) is 31.1 Å². The van der Waals surface area contributed by atoms with Gasteiger partial charge in [0.2, 0.25) is 5.91 Å². The van der Waals surface area contributed by atoms with E-state index in [1.54, 1.807) is 36.4 Å². The van der Waals surface area contributed by atoms with Crippen LogP contribution in [0.3, 0.4) is 0 Å². The Balaban J connectivity index is 1.01. The van der Waals surface area contributed by atoms with E-state index in [1.807, 2.05) is 84.9 Å². The number of carbonyl (C=O) groups is 3. The molecular weight excluding hydrogens is 514 g/mol. The van der Waals surface area contributed by atoms with Crippen LogP contribution in [0.25, 0.3) is 21.9 Å². The average Bonchev–Trinajstić information content (AvgIpc) is 3.01. The van der Waals surface area contributed by atoms with Gasteiger partial charge in [-0.1, -0.05) is 84.9 Å². The van der Waals surface area contributed by atoms with Crippen molar-refractivity contribution in [1.82, 2.24) is 0 Å². The van der Waals surface area contributed by atoms with Crippen molar-refractivity contribution in [3.8, 4) is 22.6 Å². The molecular formula is C35H29NO5. The number of rotatable bonds is 11. The molecule has 41 heavy (non-hydrogen) atoms. The van der Waals surface area contributed by atoms with E-state index in [0.29, 0.717) is 23.4 Å². The summed E-state index contributed by atoms with van der Waals surface area (Å²) in [4.78, 5) is 36.8. The van der Waals surface area contributed by atoms with E-state index in [4.69, 9.17) is 9.47 Å². The molecule has 0 saturated heterocycles. The van der Waals surface area contributed by atoms with Crippen LogP contribution in [0.2, 0.25) is 0 Å². The third-order valence-electron chi connectivity index (χ3n) is 6.56. The zero-order valence-electron chi connectivity index (χ0n) is 22.4. The molecule has 0 aliphatic carbocycles. The number of esters is 1. The quantitative estimate of drug-likeness (QED) is 0.136. The fourth-order valence-corrected chi connectivity index (χ4v) is 4.37. The Labute approximate surface area is 238 Å². The Morgan fingerprint density at radius 3 is 2.02 bits per heavy atom. The zero-order valence-corrected chi connectivity index (χ0v) is 22.4. The van der Waals surface area contributed by atoms with Gasteiger partial charge in [-0.25, -0.2) is 0 Å². The maximum absolute atomic E-state index is 12.4. The van der Waals surface area contributed by atoms with Gasteiger partial charge in [-0.3, -0.25) is 14.4 Å². The molecule has 0 heterocycles. The van der Waals surface area contributed by atoms with Crippen molar-refractivity contribution in [2.75, 3.05) is 11.9 Å². The summed E-state index contributed by atoms with van der Waals surface area (Å²) in [6.45, 7) is -0.330. The average molecular weight is 544 g/mol. The number of hydrogen-bond acceptors (Lipinski definition) is 5. The normalized spacial score (nSPS) is 10.6. The minimum Gasteiger partial charge on any atom is -0.457 e.